The highest BCUT2D eigenvalue weighted by Crippen LogP contribution is 2.16. The van der Waals surface area contributed by atoms with Gasteiger partial charge in [-0.3, -0.25) is 4.79 Å². The molecule has 0 saturated carbocycles. The Hall–Kier alpha value is -0.740. The SMILES string of the molecule is CC(C)(OCCCCCC=O)C(=O)CCCCCO. The Morgan fingerprint density at radius 3 is 2.42 bits per heavy atom. The Labute approximate surface area is 116 Å². The van der Waals surface area contributed by atoms with Crippen molar-refractivity contribution in [3.8, 4) is 0 Å². The highest BCUT2D eigenvalue weighted by molar-refractivity contribution is 5.86. The first-order valence-electron chi connectivity index (χ1n) is 7.26. The van der Waals surface area contributed by atoms with Gasteiger partial charge in [-0.25, -0.2) is 0 Å². The molecule has 4 heteroatoms. The number of aliphatic hydroxyl groups is 1. The number of ether oxygens (including phenoxy) is 1. The second-order valence-corrected chi connectivity index (χ2v) is 5.33. The van der Waals surface area contributed by atoms with Crippen LogP contribution in [-0.2, 0) is 14.3 Å². The molecule has 0 radical (unpaired) electrons. The standard InChI is InChI=1S/C15H28O4/c1-15(2,14(18)10-6-5-8-12-17)19-13-9-4-3-7-11-16/h11,17H,3-10,12-13H2,1-2H3. The zero-order chi connectivity index (χ0) is 14.6. The van der Waals surface area contributed by atoms with Crippen molar-refractivity contribution in [3.63, 3.8) is 0 Å². The van der Waals surface area contributed by atoms with E-state index < -0.39 is 5.60 Å². The van der Waals surface area contributed by atoms with Gasteiger partial charge in [0.15, 0.2) is 5.78 Å². The van der Waals surface area contributed by atoms with E-state index in [9.17, 15) is 9.59 Å². The summed E-state index contributed by atoms with van der Waals surface area (Å²) in [5.74, 6) is 0.123. The van der Waals surface area contributed by atoms with Gasteiger partial charge in [-0.1, -0.05) is 12.8 Å². The van der Waals surface area contributed by atoms with E-state index >= 15 is 0 Å². The van der Waals surface area contributed by atoms with Crippen molar-refractivity contribution in [2.24, 2.45) is 0 Å². The minimum absolute atomic E-state index is 0.123. The second-order valence-electron chi connectivity index (χ2n) is 5.33. The molecule has 112 valence electrons. The number of Topliss-reactive ketones (excluding diaryl/α,β-unsaturated/α-hetero) is 1. The van der Waals surface area contributed by atoms with Gasteiger partial charge in [0.2, 0.25) is 0 Å². The topological polar surface area (TPSA) is 63.6 Å². The molecule has 0 aromatic carbocycles. The molecule has 0 bridgehead atoms. The molecular formula is C15H28O4. The molecule has 0 aliphatic carbocycles. The van der Waals surface area contributed by atoms with Gasteiger partial charge in [-0.2, -0.15) is 0 Å². The largest absolute Gasteiger partial charge is 0.396 e. The summed E-state index contributed by atoms with van der Waals surface area (Å²) >= 11 is 0. The van der Waals surface area contributed by atoms with Crippen LogP contribution in [0.3, 0.4) is 0 Å². The molecule has 0 unspecified atom stereocenters. The Balaban J connectivity index is 3.70. The highest BCUT2D eigenvalue weighted by Gasteiger charge is 2.27. The Morgan fingerprint density at radius 2 is 1.79 bits per heavy atom. The average Bonchev–Trinajstić information content (AvgIpc) is 2.38. The van der Waals surface area contributed by atoms with Crippen LogP contribution in [0.25, 0.3) is 0 Å². The van der Waals surface area contributed by atoms with E-state index in [0.717, 1.165) is 44.8 Å². The van der Waals surface area contributed by atoms with Crippen LogP contribution in [0.4, 0.5) is 0 Å². The van der Waals surface area contributed by atoms with Crippen molar-refractivity contribution in [3.05, 3.63) is 0 Å². The normalized spacial score (nSPS) is 11.5. The van der Waals surface area contributed by atoms with Crippen LogP contribution >= 0.6 is 0 Å². The number of carbonyl (C=O) groups excluding carboxylic acids is 2. The molecular weight excluding hydrogens is 244 g/mol. The first-order chi connectivity index (χ1) is 9.04. The Morgan fingerprint density at radius 1 is 1.11 bits per heavy atom. The molecule has 0 heterocycles. The lowest BCUT2D eigenvalue weighted by molar-refractivity contribution is -0.140. The number of hydrogen-bond acceptors (Lipinski definition) is 4. The lowest BCUT2D eigenvalue weighted by Crippen LogP contribution is -2.35. The molecule has 0 aliphatic rings. The van der Waals surface area contributed by atoms with E-state index in [1.54, 1.807) is 0 Å². The molecule has 0 amide bonds. The number of ketones is 1. The third-order valence-corrected chi connectivity index (χ3v) is 3.16. The van der Waals surface area contributed by atoms with Crippen molar-refractivity contribution in [2.45, 2.75) is 70.8 Å². The molecule has 0 aliphatic heterocycles. The summed E-state index contributed by atoms with van der Waals surface area (Å²) in [6.07, 6.45) is 7.23. The number of rotatable bonds is 13. The molecule has 4 nitrogen and oxygen atoms in total. The van der Waals surface area contributed by atoms with Crippen LogP contribution < -0.4 is 0 Å². The number of hydrogen-bond donors (Lipinski definition) is 1. The summed E-state index contributed by atoms with van der Waals surface area (Å²) in [6.45, 7) is 4.38. The minimum Gasteiger partial charge on any atom is -0.396 e. The predicted octanol–water partition coefficient (Wildman–Crippen LogP) is 2.66. The maximum absolute atomic E-state index is 12.0. The van der Waals surface area contributed by atoms with Gasteiger partial charge in [0.05, 0.1) is 0 Å². The average molecular weight is 272 g/mol. The monoisotopic (exact) mass is 272 g/mol. The fourth-order valence-electron chi connectivity index (χ4n) is 1.79. The number of unbranched alkanes of at least 4 members (excludes halogenated alkanes) is 5. The van der Waals surface area contributed by atoms with Crippen molar-refractivity contribution in [2.75, 3.05) is 13.2 Å². The van der Waals surface area contributed by atoms with Gasteiger partial charge in [-0.05, 0) is 39.5 Å². The summed E-state index contributed by atoms with van der Waals surface area (Å²) < 4.78 is 5.64. The maximum Gasteiger partial charge on any atom is 0.164 e. The Kier molecular flexibility index (Phi) is 10.7. The maximum atomic E-state index is 12.0. The molecule has 0 aromatic rings. The number of aldehydes is 1. The van der Waals surface area contributed by atoms with Crippen molar-refractivity contribution in [1.29, 1.82) is 0 Å². The number of aliphatic hydroxyl groups excluding tert-OH is 1. The zero-order valence-electron chi connectivity index (χ0n) is 12.3. The summed E-state index contributed by atoms with van der Waals surface area (Å²) in [5.41, 5.74) is -0.718. The van der Waals surface area contributed by atoms with Crippen molar-refractivity contribution in [1.82, 2.24) is 0 Å². The van der Waals surface area contributed by atoms with E-state index in [1.807, 2.05) is 13.8 Å². The van der Waals surface area contributed by atoms with Crippen LogP contribution in [-0.4, -0.2) is 36.0 Å². The molecule has 0 aromatic heterocycles. The number of carbonyl (C=O) groups is 2. The summed E-state index contributed by atoms with van der Waals surface area (Å²) in [4.78, 5) is 22.1. The first-order valence-corrected chi connectivity index (χ1v) is 7.26. The third-order valence-electron chi connectivity index (χ3n) is 3.16. The van der Waals surface area contributed by atoms with Crippen molar-refractivity contribution >= 4 is 12.1 Å². The summed E-state index contributed by atoms with van der Waals surface area (Å²) in [6, 6.07) is 0. The van der Waals surface area contributed by atoms with Gasteiger partial charge in [0.1, 0.15) is 11.9 Å². The second kappa shape index (κ2) is 11.1. The fraction of sp³-hybridized carbons (Fsp3) is 0.867. The Bertz CT molecular complexity index is 249. The highest BCUT2D eigenvalue weighted by atomic mass is 16.5. The lowest BCUT2D eigenvalue weighted by atomic mass is 9.98. The fourth-order valence-corrected chi connectivity index (χ4v) is 1.79. The lowest BCUT2D eigenvalue weighted by Gasteiger charge is -2.24. The van der Waals surface area contributed by atoms with E-state index in [0.29, 0.717) is 19.4 Å². The van der Waals surface area contributed by atoms with Gasteiger partial charge in [0.25, 0.3) is 0 Å². The van der Waals surface area contributed by atoms with Crippen LogP contribution in [0.5, 0.6) is 0 Å². The van der Waals surface area contributed by atoms with Gasteiger partial charge in [-0.15, -0.1) is 0 Å². The van der Waals surface area contributed by atoms with Crippen LogP contribution in [0, 0.1) is 0 Å². The van der Waals surface area contributed by atoms with E-state index in [2.05, 4.69) is 0 Å². The van der Waals surface area contributed by atoms with Gasteiger partial charge in [0, 0.05) is 26.1 Å². The summed E-state index contributed by atoms with van der Waals surface area (Å²) in [5, 5.41) is 8.66. The van der Waals surface area contributed by atoms with E-state index in [-0.39, 0.29) is 12.4 Å². The first kappa shape index (κ1) is 18.3. The predicted molar refractivity (Wildman–Crippen MR) is 75.1 cm³/mol. The van der Waals surface area contributed by atoms with Crippen LogP contribution in [0.15, 0.2) is 0 Å². The zero-order valence-corrected chi connectivity index (χ0v) is 12.3. The quantitative estimate of drug-likeness (QED) is 0.413. The molecule has 0 rings (SSSR count). The smallest absolute Gasteiger partial charge is 0.164 e. The minimum atomic E-state index is -0.718. The molecule has 0 fully saturated rings. The molecule has 19 heavy (non-hydrogen) atoms. The van der Waals surface area contributed by atoms with E-state index in [1.165, 1.54) is 0 Å². The third kappa shape index (κ3) is 9.79. The van der Waals surface area contributed by atoms with E-state index in [4.69, 9.17) is 9.84 Å². The van der Waals surface area contributed by atoms with Crippen LogP contribution in [0.2, 0.25) is 0 Å². The molecule has 0 atom stereocenters. The van der Waals surface area contributed by atoms with Crippen LogP contribution in [0.1, 0.15) is 65.2 Å². The molecule has 0 saturated heterocycles. The molecule has 0 spiro atoms. The summed E-state index contributed by atoms with van der Waals surface area (Å²) in [7, 11) is 0. The van der Waals surface area contributed by atoms with Gasteiger partial charge < -0.3 is 14.6 Å². The van der Waals surface area contributed by atoms with Crippen molar-refractivity contribution < 1.29 is 19.4 Å². The van der Waals surface area contributed by atoms with Gasteiger partial charge >= 0.3 is 0 Å². The molecule has 1 N–H and O–H groups in total.